The number of alkyl halides is 1. The molecule has 156 valence electrons. The summed E-state index contributed by atoms with van der Waals surface area (Å²) in [7, 11) is 0. The topological polar surface area (TPSA) is 131 Å². The molecule has 0 aromatic rings. The smallest absolute Gasteiger partial charge is 0.326 e. The number of aliphatic carboxylic acids is 1. The molecule has 27 heavy (non-hydrogen) atoms. The number of nitrogens with one attached hydrogen (secondary N) is 2. The lowest BCUT2D eigenvalue weighted by Crippen LogP contribution is -2.42. The number of hydrogen-bond donors (Lipinski definition) is 3. The largest absolute Gasteiger partial charge is 0.480 e. The third kappa shape index (κ3) is 16.4. The first-order valence-corrected chi connectivity index (χ1v) is 9.98. The summed E-state index contributed by atoms with van der Waals surface area (Å²) < 4.78 is 10.4. The van der Waals surface area contributed by atoms with Gasteiger partial charge in [-0.15, -0.1) is 0 Å². The van der Waals surface area contributed by atoms with Gasteiger partial charge < -0.3 is 30.0 Å². The molecule has 0 rings (SSSR count). The molecule has 0 fully saturated rings. The molecule has 10 heteroatoms. The molecule has 0 heterocycles. The molecule has 3 N–H and O–H groups in total. The van der Waals surface area contributed by atoms with Crippen LogP contribution in [-0.4, -0.2) is 73.0 Å². The van der Waals surface area contributed by atoms with Crippen LogP contribution in [0.15, 0.2) is 0 Å². The summed E-state index contributed by atoms with van der Waals surface area (Å²) >= 11 is 3.03. The highest BCUT2D eigenvalue weighted by atomic mass is 79.9. The van der Waals surface area contributed by atoms with Gasteiger partial charge in [-0.3, -0.25) is 9.59 Å². The summed E-state index contributed by atoms with van der Waals surface area (Å²) in [6, 6.07) is -0.990. The lowest BCUT2D eigenvalue weighted by atomic mass is 10.1. The van der Waals surface area contributed by atoms with Gasteiger partial charge in [0.25, 0.3) is 0 Å². The molecule has 0 aliphatic carbocycles. The molecule has 0 spiro atoms. The second kappa shape index (κ2) is 16.6. The van der Waals surface area contributed by atoms with Crippen LogP contribution in [0.5, 0.6) is 0 Å². The van der Waals surface area contributed by atoms with E-state index in [0.717, 1.165) is 0 Å². The molecule has 9 nitrogen and oxygen atoms in total. The van der Waals surface area contributed by atoms with Gasteiger partial charge in [0.1, 0.15) is 18.4 Å². The predicted octanol–water partition coefficient (Wildman–Crippen LogP) is 0.640. The summed E-state index contributed by atoms with van der Waals surface area (Å²) in [6.07, 6.45) is 2.56. The van der Waals surface area contributed by atoms with Gasteiger partial charge in [-0.1, -0.05) is 15.9 Å². The SMILES string of the molecule is CC(=O)CCCOCCOCC(=O)NC(CCCCNC(=O)CBr)C(=O)O. The molecule has 0 radical (unpaired) electrons. The second-order valence-electron chi connectivity index (χ2n) is 5.91. The van der Waals surface area contributed by atoms with Crippen molar-refractivity contribution in [2.75, 3.05) is 38.3 Å². The van der Waals surface area contributed by atoms with Gasteiger partial charge in [-0.25, -0.2) is 4.79 Å². The number of carboxylic acid groups (broad SMARTS) is 1. The van der Waals surface area contributed by atoms with Crippen LogP contribution >= 0.6 is 15.9 Å². The first-order chi connectivity index (χ1) is 12.9. The Labute approximate surface area is 167 Å². The summed E-state index contributed by atoms with van der Waals surface area (Å²) in [5.74, 6) is -1.63. The number of ketones is 1. The zero-order chi connectivity index (χ0) is 20.5. The van der Waals surface area contributed by atoms with E-state index >= 15 is 0 Å². The monoisotopic (exact) mass is 452 g/mol. The van der Waals surface area contributed by atoms with Crippen molar-refractivity contribution in [2.45, 2.75) is 45.1 Å². The minimum atomic E-state index is -1.11. The van der Waals surface area contributed by atoms with Crippen molar-refractivity contribution in [1.29, 1.82) is 0 Å². The number of carbonyl (C=O) groups excluding carboxylic acids is 3. The molecule has 0 saturated carbocycles. The first kappa shape index (κ1) is 25.5. The van der Waals surface area contributed by atoms with Gasteiger partial charge in [-0.05, 0) is 32.6 Å². The van der Waals surface area contributed by atoms with E-state index in [2.05, 4.69) is 26.6 Å². The number of ether oxygens (including phenoxy) is 2. The van der Waals surface area contributed by atoms with Crippen LogP contribution in [0.4, 0.5) is 0 Å². The van der Waals surface area contributed by atoms with E-state index in [9.17, 15) is 19.2 Å². The highest BCUT2D eigenvalue weighted by Crippen LogP contribution is 2.01. The Morgan fingerprint density at radius 2 is 1.70 bits per heavy atom. The number of carboxylic acids is 1. The van der Waals surface area contributed by atoms with Gasteiger partial charge in [0.05, 0.1) is 18.5 Å². The van der Waals surface area contributed by atoms with Crippen LogP contribution < -0.4 is 10.6 Å². The van der Waals surface area contributed by atoms with E-state index in [1.165, 1.54) is 6.92 Å². The average molecular weight is 453 g/mol. The third-order valence-corrected chi connectivity index (χ3v) is 3.93. The molecule has 0 aliphatic heterocycles. The third-order valence-electron chi connectivity index (χ3n) is 3.42. The van der Waals surface area contributed by atoms with Gasteiger partial charge in [0.2, 0.25) is 11.8 Å². The van der Waals surface area contributed by atoms with Crippen LogP contribution in [-0.2, 0) is 28.7 Å². The molecule has 2 amide bonds. The minimum Gasteiger partial charge on any atom is -0.480 e. The van der Waals surface area contributed by atoms with E-state index in [4.69, 9.17) is 14.6 Å². The Morgan fingerprint density at radius 1 is 1.00 bits per heavy atom. The molecule has 0 aromatic heterocycles. The number of halogens is 1. The summed E-state index contributed by atoms with van der Waals surface area (Å²) in [5, 5.41) is 14.5. The van der Waals surface area contributed by atoms with Crippen LogP contribution in [0.2, 0.25) is 0 Å². The van der Waals surface area contributed by atoms with Crippen LogP contribution in [0.1, 0.15) is 39.0 Å². The molecular formula is C17H29BrN2O7. The number of hydrogen-bond acceptors (Lipinski definition) is 6. The second-order valence-corrected chi connectivity index (χ2v) is 6.47. The first-order valence-electron chi connectivity index (χ1n) is 8.86. The summed E-state index contributed by atoms with van der Waals surface area (Å²) in [5.41, 5.74) is 0. The maximum absolute atomic E-state index is 11.7. The highest BCUT2D eigenvalue weighted by Gasteiger charge is 2.19. The molecule has 1 unspecified atom stereocenters. The lowest BCUT2D eigenvalue weighted by Gasteiger charge is -2.14. The predicted molar refractivity (Wildman–Crippen MR) is 102 cm³/mol. The number of rotatable bonds is 17. The zero-order valence-electron chi connectivity index (χ0n) is 15.6. The van der Waals surface area contributed by atoms with E-state index < -0.39 is 17.9 Å². The van der Waals surface area contributed by atoms with Crippen molar-refractivity contribution in [3.63, 3.8) is 0 Å². The van der Waals surface area contributed by atoms with Crippen molar-refractivity contribution < 1.29 is 33.8 Å². The van der Waals surface area contributed by atoms with E-state index in [1.807, 2.05) is 0 Å². The Bertz CT molecular complexity index is 474. The molecule has 0 aromatic carbocycles. The lowest BCUT2D eigenvalue weighted by molar-refractivity contribution is -0.142. The van der Waals surface area contributed by atoms with Gasteiger partial charge >= 0.3 is 5.97 Å². The Kier molecular flexibility index (Phi) is 15.7. The van der Waals surface area contributed by atoms with Crippen molar-refractivity contribution in [3.05, 3.63) is 0 Å². The summed E-state index contributed by atoms with van der Waals surface area (Å²) in [6.45, 7) is 2.69. The maximum Gasteiger partial charge on any atom is 0.326 e. The number of unbranched alkanes of at least 4 members (excludes halogenated alkanes) is 1. The molecule has 0 bridgehead atoms. The molecule has 0 saturated heterocycles. The summed E-state index contributed by atoms with van der Waals surface area (Å²) in [4.78, 5) is 44.7. The minimum absolute atomic E-state index is 0.114. The van der Waals surface area contributed by atoms with Gasteiger partial charge in [-0.2, -0.15) is 0 Å². The van der Waals surface area contributed by atoms with Crippen LogP contribution in [0, 0.1) is 0 Å². The average Bonchev–Trinajstić information content (AvgIpc) is 2.61. The van der Waals surface area contributed by atoms with Crippen molar-refractivity contribution in [2.24, 2.45) is 0 Å². The normalized spacial score (nSPS) is 11.6. The van der Waals surface area contributed by atoms with E-state index in [0.29, 0.717) is 45.4 Å². The van der Waals surface area contributed by atoms with Crippen molar-refractivity contribution in [1.82, 2.24) is 10.6 Å². The van der Waals surface area contributed by atoms with Gasteiger partial charge in [0, 0.05) is 19.6 Å². The van der Waals surface area contributed by atoms with Gasteiger partial charge in [0.15, 0.2) is 0 Å². The van der Waals surface area contributed by atoms with E-state index in [-0.39, 0.29) is 36.7 Å². The number of Topliss-reactive ketones (excluding diaryl/α,β-unsaturated/α-hetero) is 1. The standard InChI is InChI=1S/C17H29BrN2O7/c1-13(21)5-4-8-26-9-10-27-12-16(23)20-14(17(24)25)6-2-3-7-19-15(22)11-18/h14H,2-12H2,1H3,(H,19,22)(H,20,23)(H,24,25). The van der Waals surface area contributed by atoms with Crippen molar-refractivity contribution in [3.8, 4) is 0 Å². The Morgan fingerprint density at radius 3 is 2.33 bits per heavy atom. The Hall–Kier alpha value is -1.52. The highest BCUT2D eigenvalue weighted by molar-refractivity contribution is 9.09. The number of amides is 2. The fourth-order valence-corrected chi connectivity index (χ4v) is 2.25. The van der Waals surface area contributed by atoms with Crippen LogP contribution in [0.25, 0.3) is 0 Å². The maximum atomic E-state index is 11.7. The fourth-order valence-electron chi connectivity index (χ4n) is 2.05. The molecular weight excluding hydrogens is 424 g/mol. The molecule has 1 atom stereocenters. The molecule has 0 aliphatic rings. The number of carbonyl (C=O) groups is 4. The van der Waals surface area contributed by atoms with Crippen molar-refractivity contribution >= 4 is 39.5 Å². The zero-order valence-corrected chi connectivity index (χ0v) is 17.2. The fraction of sp³-hybridized carbons (Fsp3) is 0.765. The quantitative estimate of drug-likeness (QED) is 0.218. The van der Waals surface area contributed by atoms with E-state index in [1.54, 1.807) is 0 Å². The Balaban J connectivity index is 3.78. The van der Waals surface area contributed by atoms with Crippen LogP contribution in [0.3, 0.4) is 0 Å².